The number of aromatic nitrogens is 2. The number of hydrogen-bond acceptors (Lipinski definition) is 5. The molecule has 0 unspecified atom stereocenters. The second-order valence-corrected chi connectivity index (χ2v) is 3.67. The zero-order valence-corrected chi connectivity index (χ0v) is 9.44. The van der Waals surface area contributed by atoms with Crippen LogP contribution in [0.3, 0.4) is 0 Å². The molecule has 2 rings (SSSR count). The first-order chi connectivity index (χ1) is 8.19. The summed E-state index contributed by atoms with van der Waals surface area (Å²) in [5.74, 6) is 0.489. The highest BCUT2D eigenvalue weighted by atomic mass is 35.5. The topological polar surface area (TPSA) is 87.6 Å². The van der Waals surface area contributed by atoms with Crippen LogP contribution in [0.15, 0.2) is 30.5 Å². The van der Waals surface area contributed by atoms with Crippen LogP contribution in [0.4, 0.5) is 17.5 Å². The highest BCUT2D eigenvalue weighted by Crippen LogP contribution is 2.17. The molecule has 0 radical (unpaired) electrons. The minimum Gasteiger partial charge on any atom is -0.382 e. The molecule has 0 aliphatic rings. The molecule has 0 bridgehead atoms. The van der Waals surface area contributed by atoms with Crippen molar-refractivity contribution in [3.05, 3.63) is 41.0 Å². The van der Waals surface area contributed by atoms with Gasteiger partial charge in [0.15, 0.2) is 0 Å². The van der Waals surface area contributed by atoms with Gasteiger partial charge >= 0.3 is 0 Å². The smallest absolute Gasteiger partial charge is 0.229 e. The number of nitrogens with one attached hydrogen (secondary N) is 1. The molecule has 1 aromatic carbocycles. The number of hydrogen-bond donors (Lipinski definition) is 2. The van der Waals surface area contributed by atoms with E-state index in [1.165, 1.54) is 6.20 Å². The number of halogens is 1. The average molecular weight is 246 g/mol. The summed E-state index contributed by atoms with van der Waals surface area (Å²) < 4.78 is 0. The first kappa shape index (κ1) is 11.2. The minimum absolute atomic E-state index is 0.152. The number of benzene rings is 1. The van der Waals surface area contributed by atoms with Gasteiger partial charge in [-0.25, -0.2) is 4.98 Å². The van der Waals surface area contributed by atoms with Gasteiger partial charge < -0.3 is 11.1 Å². The van der Waals surface area contributed by atoms with Crippen molar-refractivity contribution in [3.8, 4) is 6.07 Å². The molecule has 17 heavy (non-hydrogen) atoms. The van der Waals surface area contributed by atoms with Gasteiger partial charge in [-0.05, 0) is 24.3 Å². The van der Waals surface area contributed by atoms with Crippen molar-refractivity contribution in [2.75, 3.05) is 11.1 Å². The van der Waals surface area contributed by atoms with Crippen molar-refractivity contribution >= 4 is 29.1 Å². The Labute approximate surface area is 103 Å². The van der Waals surface area contributed by atoms with Crippen LogP contribution in [-0.2, 0) is 0 Å². The predicted octanol–water partition coefficient (Wildman–Crippen LogP) is 2.33. The van der Waals surface area contributed by atoms with Crippen molar-refractivity contribution in [2.45, 2.75) is 0 Å². The van der Waals surface area contributed by atoms with Crippen molar-refractivity contribution in [2.24, 2.45) is 0 Å². The molecule has 0 saturated carbocycles. The SMILES string of the molecule is N#Cc1cnc(Nc2ccc(Cl)cc2)nc1N. The van der Waals surface area contributed by atoms with Crippen LogP contribution in [0.2, 0.25) is 5.02 Å². The van der Waals surface area contributed by atoms with Crippen LogP contribution in [-0.4, -0.2) is 9.97 Å². The lowest BCUT2D eigenvalue weighted by Crippen LogP contribution is -2.02. The van der Waals surface area contributed by atoms with Crippen LogP contribution in [0.5, 0.6) is 0 Å². The first-order valence-corrected chi connectivity index (χ1v) is 5.12. The zero-order valence-electron chi connectivity index (χ0n) is 8.68. The van der Waals surface area contributed by atoms with Crippen LogP contribution in [0.1, 0.15) is 5.56 Å². The fraction of sp³-hybridized carbons (Fsp3) is 0. The van der Waals surface area contributed by atoms with Crippen molar-refractivity contribution in [1.82, 2.24) is 9.97 Å². The van der Waals surface area contributed by atoms with Crippen LogP contribution in [0, 0.1) is 11.3 Å². The fourth-order valence-corrected chi connectivity index (χ4v) is 1.33. The van der Waals surface area contributed by atoms with E-state index in [0.717, 1.165) is 5.69 Å². The second-order valence-electron chi connectivity index (χ2n) is 3.24. The van der Waals surface area contributed by atoms with Gasteiger partial charge in [0.2, 0.25) is 5.95 Å². The maximum Gasteiger partial charge on any atom is 0.229 e. The molecular weight excluding hydrogens is 238 g/mol. The maximum atomic E-state index is 8.68. The molecule has 0 fully saturated rings. The summed E-state index contributed by atoms with van der Waals surface area (Å²) in [6, 6.07) is 8.98. The van der Waals surface area contributed by atoms with Gasteiger partial charge in [-0.15, -0.1) is 0 Å². The number of nitrogens with zero attached hydrogens (tertiary/aromatic N) is 3. The molecule has 1 aromatic heterocycles. The largest absolute Gasteiger partial charge is 0.382 e. The lowest BCUT2D eigenvalue weighted by Gasteiger charge is -2.05. The number of nitriles is 1. The highest BCUT2D eigenvalue weighted by molar-refractivity contribution is 6.30. The molecule has 84 valence electrons. The quantitative estimate of drug-likeness (QED) is 0.848. The fourth-order valence-electron chi connectivity index (χ4n) is 1.20. The third kappa shape index (κ3) is 2.62. The average Bonchev–Trinajstić information content (AvgIpc) is 2.32. The van der Waals surface area contributed by atoms with E-state index in [4.69, 9.17) is 22.6 Å². The van der Waals surface area contributed by atoms with Gasteiger partial charge in [0, 0.05) is 10.7 Å². The summed E-state index contributed by atoms with van der Waals surface area (Å²) in [7, 11) is 0. The molecule has 2 aromatic rings. The highest BCUT2D eigenvalue weighted by Gasteiger charge is 2.03. The van der Waals surface area contributed by atoms with E-state index in [-0.39, 0.29) is 11.4 Å². The Kier molecular flexibility index (Phi) is 3.08. The van der Waals surface area contributed by atoms with Gasteiger partial charge in [0.05, 0.1) is 6.20 Å². The molecule has 6 heteroatoms. The molecule has 0 atom stereocenters. The Balaban J connectivity index is 2.22. The number of rotatable bonds is 2. The Bertz CT molecular complexity index is 573. The molecule has 0 aliphatic heterocycles. The predicted molar refractivity (Wildman–Crippen MR) is 65.9 cm³/mol. The van der Waals surface area contributed by atoms with E-state index < -0.39 is 0 Å². The first-order valence-electron chi connectivity index (χ1n) is 4.74. The summed E-state index contributed by atoms with van der Waals surface area (Å²) in [4.78, 5) is 7.93. The van der Waals surface area contributed by atoms with Crippen LogP contribution >= 0.6 is 11.6 Å². The molecule has 0 saturated heterocycles. The molecule has 1 heterocycles. The number of nitrogen functional groups attached to an aromatic ring is 1. The third-order valence-corrected chi connectivity index (χ3v) is 2.29. The van der Waals surface area contributed by atoms with Crippen LogP contribution in [0.25, 0.3) is 0 Å². The summed E-state index contributed by atoms with van der Waals surface area (Å²) in [5, 5.41) is 12.3. The Hall–Kier alpha value is -2.32. The van der Waals surface area contributed by atoms with E-state index in [0.29, 0.717) is 11.0 Å². The molecule has 3 N–H and O–H groups in total. The molecular formula is C11H8ClN5. The monoisotopic (exact) mass is 245 g/mol. The number of anilines is 3. The van der Waals surface area contributed by atoms with E-state index in [2.05, 4.69) is 15.3 Å². The second kappa shape index (κ2) is 4.68. The normalized spacial score (nSPS) is 9.65. The molecule has 5 nitrogen and oxygen atoms in total. The lowest BCUT2D eigenvalue weighted by atomic mass is 10.3. The Morgan fingerprint density at radius 2 is 2.00 bits per heavy atom. The van der Waals surface area contributed by atoms with Gasteiger partial charge in [0.25, 0.3) is 0 Å². The Morgan fingerprint density at radius 1 is 1.29 bits per heavy atom. The summed E-state index contributed by atoms with van der Waals surface area (Å²) >= 11 is 5.76. The zero-order chi connectivity index (χ0) is 12.3. The third-order valence-electron chi connectivity index (χ3n) is 2.04. The van der Waals surface area contributed by atoms with E-state index in [1.54, 1.807) is 24.3 Å². The summed E-state index contributed by atoms with van der Waals surface area (Å²) in [5.41, 5.74) is 6.62. The molecule has 0 aliphatic carbocycles. The van der Waals surface area contributed by atoms with E-state index >= 15 is 0 Å². The van der Waals surface area contributed by atoms with Gasteiger partial charge in [-0.1, -0.05) is 11.6 Å². The van der Waals surface area contributed by atoms with Crippen LogP contribution < -0.4 is 11.1 Å². The summed E-state index contributed by atoms with van der Waals surface area (Å²) in [6.07, 6.45) is 1.38. The molecule has 0 amide bonds. The van der Waals surface area contributed by atoms with Crippen molar-refractivity contribution in [3.63, 3.8) is 0 Å². The number of nitrogens with two attached hydrogens (primary N) is 1. The van der Waals surface area contributed by atoms with Gasteiger partial charge in [-0.2, -0.15) is 10.2 Å². The maximum absolute atomic E-state index is 8.68. The van der Waals surface area contributed by atoms with Crippen molar-refractivity contribution in [1.29, 1.82) is 5.26 Å². The van der Waals surface area contributed by atoms with E-state index in [9.17, 15) is 0 Å². The minimum atomic E-state index is 0.152. The van der Waals surface area contributed by atoms with Gasteiger partial charge in [-0.3, -0.25) is 0 Å². The standard InChI is InChI=1S/C11H8ClN5/c12-8-1-3-9(4-2-8)16-11-15-6-7(5-13)10(14)17-11/h1-4,6H,(H3,14,15,16,17). The molecule has 0 spiro atoms. The van der Waals surface area contributed by atoms with E-state index in [1.807, 2.05) is 6.07 Å². The lowest BCUT2D eigenvalue weighted by molar-refractivity contribution is 1.16. The summed E-state index contributed by atoms with van der Waals surface area (Å²) in [6.45, 7) is 0. The van der Waals surface area contributed by atoms with Gasteiger partial charge in [0.1, 0.15) is 17.5 Å². The Morgan fingerprint density at radius 3 is 2.59 bits per heavy atom. The van der Waals surface area contributed by atoms with Crippen molar-refractivity contribution < 1.29 is 0 Å².